The van der Waals surface area contributed by atoms with Gasteiger partial charge in [-0.3, -0.25) is 4.79 Å². The van der Waals surface area contributed by atoms with Crippen molar-refractivity contribution >= 4 is 22.2 Å². The zero-order valence-corrected chi connectivity index (χ0v) is 12.3. The van der Waals surface area contributed by atoms with Crippen LogP contribution in [0.4, 0.5) is 5.69 Å². The summed E-state index contributed by atoms with van der Waals surface area (Å²) < 4.78 is 0. The number of carbonyl (C=O) groups excluding carboxylic acids is 1. The molecule has 21 heavy (non-hydrogen) atoms. The van der Waals surface area contributed by atoms with Crippen LogP contribution in [0.3, 0.4) is 0 Å². The van der Waals surface area contributed by atoms with Crippen LogP contribution in [0, 0.1) is 0 Å². The second kappa shape index (κ2) is 5.86. The number of aliphatic hydroxyl groups excluding tert-OH is 1. The van der Waals surface area contributed by atoms with Crippen molar-refractivity contribution in [2.45, 2.75) is 44.8 Å². The molecule has 0 saturated heterocycles. The maximum Gasteiger partial charge on any atom is 0.159 e. The Bertz CT molecular complexity index is 665. The molecule has 0 amide bonds. The molecule has 1 aliphatic carbocycles. The van der Waals surface area contributed by atoms with Crippen LogP contribution in [0.5, 0.6) is 0 Å². The number of fused-ring (bicyclic) bond motifs is 1. The monoisotopic (exact) mass is 283 g/mol. The summed E-state index contributed by atoms with van der Waals surface area (Å²) in [5.41, 5.74) is 1.77. The normalized spacial score (nSPS) is 22.2. The van der Waals surface area contributed by atoms with E-state index in [0.29, 0.717) is 0 Å². The van der Waals surface area contributed by atoms with E-state index in [1.54, 1.807) is 6.92 Å². The second-order valence-electron chi connectivity index (χ2n) is 5.94. The number of rotatable bonds is 3. The predicted octanol–water partition coefficient (Wildman–Crippen LogP) is 3.76. The molecule has 3 heteroatoms. The van der Waals surface area contributed by atoms with Crippen molar-refractivity contribution in [3.8, 4) is 0 Å². The highest BCUT2D eigenvalue weighted by Crippen LogP contribution is 2.25. The number of aliphatic hydroxyl groups is 1. The predicted molar refractivity (Wildman–Crippen MR) is 85.8 cm³/mol. The van der Waals surface area contributed by atoms with Gasteiger partial charge in [0.1, 0.15) is 0 Å². The van der Waals surface area contributed by atoms with Crippen LogP contribution in [-0.4, -0.2) is 23.0 Å². The molecular formula is C18H21NO2. The zero-order chi connectivity index (χ0) is 14.8. The summed E-state index contributed by atoms with van der Waals surface area (Å²) in [5, 5.41) is 15.7. The van der Waals surface area contributed by atoms with Gasteiger partial charge in [0.2, 0.25) is 0 Å². The third-order valence-electron chi connectivity index (χ3n) is 4.33. The van der Waals surface area contributed by atoms with E-state index >= 15 is 0 Å². The van der Waals surface area contributed by atoms with Gasteiger partial charge in [-0.15, -0.1) is 0 Å². The number of ketones is 1. The van der Waals surface area contributed by atoms with E-state index in [4.69, 9.17) is 0 Å². The molecule has 0 aromatic heterocycles. The van der Waals surface area contributed by atoms with E-state index < -0.39 is 0 Å². The SMILES string of the molecule is CC(=O)c1ccc2cc(N[C@H]3CCCC[C@@H]3O)ccc2c1. The fourth-order valence-electron chi connectivity index (χ4n) is 3.05. The molecule has 1 aliphatic rings. The van der Waals surface area contributed by atoms with Crippen molar-refractivity contribution in [2.24, 2.45) is 0 Å². The van der Waals surface area contributed by atoms with Crippen LogP contribution in [0.1, 0.15) is 43.0 Å². The lowest BCUT2D eigenvalue weighted by Gasteiger charge is -2.29. The van der Waals surface area contributed by atoms with Crippen LogP contribution in [0.25, 0.3) is 10.8 Å². The standard InChI is InChI=1S/C18H21NO2/c1-12(20)13-6-7-15-11-16(9-8-14(15)10-13)19-17-4-2-3-5-18(17)21/h6-11,17-19,21H,2-5H2,1H3/t17-,18-/m0/s1. The van der Waals surface area contributed by atoms with E-state index in [1.807, 2.05) is 30.3 Å². The summed E-state index contributed by atoms with van der Waals surface area (Å²) in [6.45, 7) is 1.58. The lowest BCUT2D eigenvalue weighted by atomic mass is 9.92. The maximum atomic E-state index is 11.4. The minimum Gasteiger partial charge on any atom is -0.391 e. The molecule has 2 N–H and O–H groups in total. The topological polar surface area (TPSA) is 49.3 Å². The number of hydrogen-bond donors (Lipinski definition) is 2. The van der Waals surface area contributed by atoms with Crippen LogP contribution < -0.4 is 5.32 Å². The zero-order valence-electron chi connectivity index (χ0n) is 12.3. The van der Waals surface area contributed by atoms with Crippen LogP contribution >= 0.6 is 0 Å². The van der Waals surface area contributed by atoms with E-state index in [0.717, 1.165) is 41.3 Å². The highest BCUT2D eigenvalue weighted by atomic mass is 16.3. The van der Waals surface area contributed by atoms with Gasteiger partial charge in [0.15, 0.2) is 5.78 Å². The fraction of sp³-hybridized carbons (Fsp3) is 0.389. The van der Waals surface area contributed by atoms with Gasteiger partial charge in [0.25, 0.3) is 0 Å². The summed E-state index contributed by atoms with van der Waals surface area (Å²) in [6, 6.07) is 12.1. The first-order chi connectivity index (χ1) is 10.1. The summed E-state index contributed by atoms with van der Waals surface area (Å²) >= 11 is 0. The number of anilines is 1. The second-order valence-corrected chi connectivity index (χ2v) is 5.94. The molecule has 1 saturated carbocycles. The Balaban J connectivity index is 1.84. The molecule has 0 bridgehead atoms. The third-order valence-corrected chi connectivity index (χ3v) is 4.33. The van der Waals surface area contributed by atoms with Gasteiger partial charge >= 0.3 is 0 Å². The van der Waals surface area contributed by atoms with Crippen molar-refractivity contribution in [2.75, 3.05) is 5.32 Å². The molecule has 1 fully saturated rings. The Morgan fingerprint density at radius 1 is 1.10 bits per heavy atom. The summed E-state index contributed by atoms with van der Waals surface area (Å²) in [4.78, 5) is 11.4. The van der Waals surface area contributed by atoms with Crippen molar-refractivity contribution < 1.29 is 9.90 Å². The molecule has 2 atom stereocenters. The van der Waals surface area contributed by atoms with Crippen LogP contribution in [0.2, 0.25) is 0 Å². The third kappa shape index (κ3) is 3.08. The van der Waals surface area contributed by atoms with E-state index in [2.05, 4.69) is 11.4 Å². The van der Waals surface area contributed by atoms with Crippen LogP contribution in [-0.2, 0) is 0 Å². The molecule has 110 valence electrons. The van der Waals surface area contributed by atoms with Crippen molar-refractivity contribution in [3.05, 3.63) is 42.0 Å². The Kier molecular flexibility index (Phi) is 3.93. The van der Waals surface area contributed by atoms with E-state index in [9.17, 15) is 9.90 Å². The number of Topliss-reactive ketones (excluding diaryl/α,β-unsaturated/α-hetero) is 1. The average Bonchev–Trinajstić information content (AvgIpc) is 2.49. The number of carbonyl (C=O) groups is 1. The molecule has 0 heterocycles. The van der Waals surface area contributed by atoms with Gasteiger partial charge in [0, 0.05) is 11.3 Å². The van der Waals surface area contributed by atoms with Crippen molar-refractivity contribution in [1.82, 2.24) is 0 Å². The van der Waals surface area contributed by atoms with Gasteiger partial charge in [-0.2, -0.15) is 0 Å². The fourth-order valence-corrected chi connectivity index (χ4v) is 3.05. The Morgan fingerprint density at radius 2 is 1.81 bits per heavy atom. The van der Waals surface area contributed by atoms with Gasteiger partial charge in [-0.1, -0.05) is 31.0 Å². The Labute approximate surface area is 125 Å². The van der Waals surface area contributed by atoms with E-state index in [-0.39, 0.29) is 17.9 Å². The molecule has 3 nitrogen and oxygen atoms in total. The maximum absolute atomic E-state index is 11.4. The lowest BCUT2D eigenvalue weighted by molar-refractivity contribution is 0.101. The average molecular weight is 283 g/mol. The highest BCUT2D eigenvalue weighted by Gasteiger charge is 2.22. The Morgan fingerprint density at radius 3 is 2.57 bits per heavy atom. The molecule has 0 aliphatic heterocycles. The molecule has 0 spiro atoms. The number of benzene rings is 2. The molecule has 3 rings (SSSR count). The first-order valence-corrected chi connectivity index (χ1v) is 7.63. The van der Waals surface area contributed by atoms with Crippen molar-refractivity contribution in [1.29, 1.82) is 0 Å². The molecule has 0 unspecified atom stereocenters. The lowest BCUT2D eigenvalue weighted by Crippen LogP contribution is -2.36. The first kappa shape index (κ1) is 14.1. The molecule has 0 radical (unpaired) electrons. The summed E-state index contributed by atoms with van der Waals surface area (Å²) in [5.74, 6) is 0.0874. The molecule has 2 aromatic rings. The molecule has 2 aromatic carbocycles. The quantitative estimate of drug-likeness (QED) is 0.843. The highest BCUT2D eigenvalue weighted by molar-refractivity contribution is 5.99. The van der Waals surface area contributed by atoms with E-state index in [1.165, 1.54) is 6.42 Å². The van der Waals surface area contributed by atoms with Gasteiger partial charge < -0.3 is 10.4 Å². The summed E-state index contributed by atoms with van der Waals surface area (Å²) in [6.07, 6.45) is 3.93. The molecular weight excluding hydrogens is 262 g/mol. The van der Waals surface area contributed by atoms with Gasteiger partial charge in [0.05, 0.1) is 12.1 Å². The van der Waals surface area contributed by atoms with Gasteiger partial charge in [-0.05, 0) is 48.7 Å². The number of nitrogens with one attached hydrogen (secondary N) is 1. The Hall–Kier alpha value is -1.87. The summed E-state index contributed by atoms with van der Waals surface area (Å²) in [7, 11) is 0. The minimum atomic E-state index is -0.255. The number of hydrogen-bond acceptors (Lipinski definition) is 3. The minimum absolute atomic E-state index is 0.0874. The largest absolute Gasteiger partial charge is 0.391 e. The van der Waals surface area contributed by atoms with Gasteiger partial charge in [-0.25, -0.2) is 0 Å². The van der Waals surface area contributed by atoms with Crippen molar-refractivity contribution in [3.63, 3.8) is 0 Å². The smallest absolute Gasteiger partial charge is 0.159 e. The van der Waals surface area contributed by atoms with Crippen LogP contribution in [0.15, 0.2) is 36.4 Å². The first-order valence-electron chi connectivity index (χ1n) is 7.63.